The Morgan fingerprint density at radius 2 is 2.08 bits per heavy atom. The minimum atomic E-state index is -0.452. The highest BCUT2D eigenvalue weighted by atomic mass is 32.1. The van der Waals surface area contributed by atoms with Crippen molar-refractivity contribution in [3.05, 3.63) is 57.6 Å². The number of anilines is 1. The van der Waals surface area contributed by atoms with E-state index in [1.54, 1.807) is 23.9 Å². The van der Waals surface area contributed by atoms with Crippen LogP contribution in [0.15, 0.2) is 29.6 Å². The van der Waals surface area contributed by atoms with Crippen molar-refractivity contribution in [1.82, 2.24) is 19.7 Å². The second-order valence-corrected chi connectivity index (χ2v) is 7.21. The number of hydrogen-bond donors (Lipinski definition) is 1. The van der Waals surface area contributed by atoms with E-state index in [4.69, 9.17) is 0 Å². The summed E-state index contributed by atoms with van der Waals surface area (Å²) in [4.78, 5) is 18.1. The maximum absolute atomic E-state index is 14.5. The van der Waals surface area contributed by atoms with Crippen molar-refractivity contribution in [1.29, 1.82) is 0 Å². The Morgan fingerprint density at radius 3 is 2.65 bits per heavy atom. The van der Waals surface area contributed by atoms with Crippen molar-refractivity contribution in [2.24, 2.45) is 0 Å². The Kier molecular flexibility index (Phi) is 5.03. The smallest absolute Gasteiger partial charge is 0.321 e. The average molecular weight is 373 g/mol. The molecule has 0 saturated heterocycles. The van der Waals surface area contributed by atoms with Crippen LogP contribution in [0.3, 0.4) is 0 Å². The molecule has 1 aromatic carbocycles. The molecule has 3 rings (SSSR count). The van der Waals surface area contributed by atoms with Gasteiger partial charge in [0.2, 0.25) is 0 Å². The van der Waals surface area contributed by atoms with E-state index in [0.29, 0.717) is 17.9 Å². The Hall–Kier alpha value is -2.74. The number of amides is 2. The van der Waals surface area contributed by atoms with Crippen molar-refractivity contribution in [2.75, 3.05) is 12.4 Å². The number of rotatable bonds is 4. The molecule has 3 aromatic rings. The molecule has 1 N–H and O–H groups in total. The molecule has 0 bridgehead atoms. The van der Waals surface area contributed by atoms with E-state index in [0.717, 1.165) is 22.1 Å². The van der Waals surface area contributed by atoms with Crippen molar-refractivity contribution >= 4 is 23.1 Å². The first-order valence-electron chi connectivity index (χ1n) is 8.10. The van der Waals surface area contributed by atoms with E-state index in [-0.39, 0.29) is 6.03 Å². The van der Waals surface area contributed by atoms with Gasteiger partial charge in [-0.25, -0.2) is 18.9 Å². The number of nitrogens with one attached hydrogen (secondary N) is 1. The maximum Gasteiger partial charge on any atom is 0.321 e. The topological polar surface area (TPSA) is 63.1 Å². The Morgan fingerprint density at radius 1 is 1.31 bits per heavy atom. The lowest BCUT2D eigenvalue weighted by molar-refractivity contribution is 0.220. The molecule has 0 spiro atoms. The van der Waals surface area contributed by atoms with E-state index in [9.17, 15) is 9.18 Å². The second kappa shape index (κ2) is 7.25. The van der Waals surface area contributed by atoms with Gasteiger partial charge in [-0.05, 0) is 45.0 Å². The molecule has 26 heavy (non-hydrogen) atoms. The summed E-state index contributed by atoms with van der Waals surface area (Å²) >= 11 is 1.54. The van der Waals surface area contributed by atoms with Gasteiger partial charge >= 0.3 is 6.03 Å². The Bertz CT molecular complexity index is 949. The molecular formula is C18H20FN5OS. The summed E-state index contributed by atoms with van der Waals surface area (Å²) in [6.45, 7) is 6.03. The first-order valence-corrected chi connectivity index (χ1v) is 8.98. The number of thiazole rings is 1. The van der Waals surface area contributed by atoms with Gasteiger partial charge < -0.3 is 10.2 Å². The van der Waals surface area contributed by atoms with Crippen LogP contribution in [-0.4, -0.2) is 32.7 Å². The highest BCUT2D eigenvalue weighted by Gasteiger charge is 2.14. The SMILES string of the molecule is Cc1cc(C)n(-c2ccc(NC(=O)N(C)Cc3csc(C)n3)cc2F)n1. The number of hydrogen-bond acceptors (Lipinski definition) is 4. The third-order valence-corrected chi connectivity index (χ3v) is 4.67. The van der Waals surface area contributed by atoms with Crippen LogP contribution in [0.2, 0.25) is 0 Å². The van der Waals surface area contributed by atoms with Crippen molar-refractivity contribution < 1.29 is 9.18 Å². The van der Waals surface area contributed by atoms with Crippen LogP contribution in [0.1, 0.15) is 22.1 Å². The van der Waals surface area contributed by atoms with E-state index in [1.807, 2.05) is 32.2 Å². The minimum Gasteiger partial charge on any atom is -0.322 e. The van der Waals surface area contributed by atoms with Gasteiger partial charge in [0.15, 0.2) is 5.82 Å². The molecule has 0 unspecified atom stereocenters. The second-order valence-electron chi connectivity index (χ2n) is 6.15. The predicted molar refractivity (Wildman–Crippen MR) is 100 cm³/mol. The Balaban J connectivity index is 1.71. The number of aryl methyl sites for hydroxylation is 3. The standard InChI is InChI=1S/C18H20FN5OS/c1-11-7-12(2)24(22-11)17-6-5-14(8-16(17)19)21-18(25)23(4)9-15-10-26-13(3)20-15/h5-8,10H,9H2,1-4H3,(H,21,25). The van der Waals surface area contributed by atoms with E-state index >= 15 is 0 Å². The first kappa shape index (κ1) is 18.1. The molecule has 0 aliphatic heterocycles. The van der Waals surface area contributed by atoms with E-state index in [2.05, 4.69) is 15.4 Å². The zero-order valence-electron chi connectivity index (χ0n) is 15.1. The average Bonchev–Trinajstić information content (AvgIpc) is 3.12. The molecule has 0 saturated carbocycles. The normalized spacial score (nSPS) is 10.8. The van der Waals surface area contributed by atoms with Crippen LogP contribution in [-0.2, 0) is 6.54 Å². The largest absolute Gasteiger partial charge is 0.322 e. The van der Waals surface area contributed by atoms with Gasteiger partial charge in [0.1, 0.15) is 5.69 Å². The summed E-state index contributed by atoms with van der Waals surface area (Å²) in [5.74, 6) is -0.452. The number of carbonyl (C=O) groups excluding carboxylic acids is 1. The predicted octanol–water partition coefficient (Wildman–Crippen LogP) is 4.06. The summed E-state index contributed by atoms with van der Waals surface area (Å²) < 4.78 is 16.0. The van der Waals surface area contributed by atoms with Crippen molar-refractivity contribution in [2.45, 2.75) is 27.3 Å². The van der Waals surface area contributed by atoms with Gasteiger partial charge in [0, 0.05) is 23.8 Å². The lowest BCUT2D eigenvalue weighted by atomic mass is 10.2. The van der Waals surface area contributed by atoms with E-state index in [1.165, 1.54) is 22.3 Å². The summed E-state index contributed by atoms with van der Waals surface area (Å²) in [5.41, 5.74) is 3.23. The number of benzene rings is 1. The van der Waals surface area contributed by atoms with Crippen LogP contribution in [0.4, 0.5) is 14.9 Å². The monoisotopic (exact) mass is 373 g/mol. The number of urea groups is 1. The minimum absolute atomic E-state index is 0.325. The molecule has 0 radical (unpaired) electrons. The van der Waals surface area contributed by atoms with Crippen LogP contribution in [0, 0.1) is 26.6 Å². The van der Waals surface area contributed by atoms with Crippen molar-refractivity contribution in [3.63, 3.8) is 0 Å². The fraction of sp³-hybridized carbons (Fsp3) is 0.278. The highest BCUT2D eigenvalue weighted by molar-refractivity contribution is 7.09. The summed E-state index contributed by atoms with van der Waals surface area (Å²) in [6.07, 6.45) is 0. The molecule has 2 heterocycles. The molecule has 6 nitrogen and oxygen atoms in total. The van der Waals surface area contributed by atoms with E-state index < -0.39 is 5.82 Å². The van der Waals surface area contributed by atoms with Crippen LogP contribution >= 0.6 is 11.3 Å². The van der Waals surface area contributed by atoms with Crippen LogP contribution in [0.5, 0.6) is 0 Å². The highest BCUT2D eigenvalue weighted by Crippen LogP contribution is 2.20. The molecular weight excluding hydrogens is 353 g/mol. The number of nitrogens with zero attached hydrogens (tertiary/aromatic N) is 4. The molecule has 0 aliphatic carbocycles. The molecule has 8 heteroatoms. The summed E-state index contributed by atoms with van der Waals surface area (Å²) in [6, 6.07) is 6.12. The molecule has 2 amide bonds. The lowest BCUT2D eigenvalue weighted by Crippen LogP contribution is -2.31. The van der Waals surface area contributed by atoms with Gasteiger partial charge in [0.25, 0.3) is 0 Å². The van der Waals surface area contributed by atoms with Gasteiger partial charge in [-0.2, -0.15) is 5.10 Å². The number of aromatic nitrogens is 3. The first-order chi connectivity index (χ1) is 12.3. The van der Waals surface area contributed by atoms with Crippen molar-refractivity contribution in [3.8, 4) is 5.69 Å². The van der Waals surface area contributed by atoms with Gasteiger partial charge in [-0.3, -0.25) is 0 Å². The summed E-state index contributed by atoms with van der Waals surface area (Å²) in [7, 11) is 1.67. The Labute approximate surface area is 155 Å². The summed E-state index contributed by atoms with van der Waals surface area (Å²) in [5, 5.41) is 9.86. The third kappa shape index (κ3) is 3.91. The van der Waals surface area contributed by atoms with Crippen LogP contribution in [0.25, 0.3) is 5.69 Å². The zero-order valence-corrected chi connectivity index (χ0v) is 15.9. The fourth-order valence-corrected chi connectivity index (χ4v) is 3.25. The van der Waals surface area contributed by atoms with Gasteiger partial charge in [0.05, 0.1) is 22.9 Å². The molecule has 0 atom stereocenters. The molecule has 2 aromatic heterocycles. The number of carbonyl (C=O) groups is 1. The zero-order chi connectivity index (χ0) is 18.8. The quantitative estimate of drug-likeness (QED) is 0.750. The third-order valence-electron chi connectivity index (χ3n) is 3.85. The molecule has 136 valence electrons. The number of halogens is 1. The van der Waals surface area contributed by atoms with Gasteiger partial charge in [-0.1, -0.05) is 0 Å². The maximum atomic E-state index is 14.5. The molecule has 0 fully saturated rings. The van der Waals surface area contributed by atoms with Gasteiger partial charge in [-0.15, -0.1) is 11.3 Å². The fourth-order valence-electron chi connectivity index (χ4n) is 2.64. The van der Waals surface area contributed by atoms with Crippen LogP contribution < -0.4 is 5.32 Å². The lowest BCUT2D eigenvalue weighted by Gasteiger charge is -2.17. The molecule has 0 aliphatic rings.